The molecule has 1 aliphatic heterocycles. The summed E-state index contributed by atoms with van der Waals surface area (Å²) in [6, 6.07) is 3.71. The number of piperazine rings is 1. The van der Waals surface area contributed by atoms with E-state index in [9.17, 15) is 14.0 Å². The van der Waals surface area contributed by atoms with Gasteiger partial charge in [-0.3, -0.25) is 9.59 Å². The van der Waals surface area contributed by atoms with Crippen molar-refractivity contribution in [3.05, 3.63) is 29.0 Å². The average molecular weight is 286 g/mol. The Morgan fingerprint density at radius 2 is 2.32 bits per heavy atom. The molecular formula is C12H13ClFN3O2. The molecule has 1 aromatic carbocycles. The van der Waals surface area contributed by atoms with Gasteiger partial charge in [0.1, 0.15) is 5.82 Å². The SMILES string of the molecule is O=C(CN1CCNCC1=O)Nc1ccc(F)cc1Cl. The van der Waals surface area contributed by atoms with Crippen molar-refractivity contribution in [2.75, 3.05) is 31.5 Å². The van der Waals surface area contributed by atoms with E-state index in [0.29, 0.717) is 18.8 Å². The van der Waals surface area contributed by atoms with Gasteiger partial charge in [0.25, 0.3) is 0 Å². The first kappa shape index (κ1) is 13.8. The van der Waals surface area contributed by atoms with Crippen LogP contribution in [0.15, 0.2) is 18.2 Å². The van der Waals surface area contributed by atoms with Crippen LogP contribution in [0, 0.1) is 5.82 Å². The predicted molar refractivity (Wildman–Crippen MR) is 69.5 cm³/mol. The van der Waals surface area contributed by atoms with Gasteiger partial charge in [-0.2, -0.15) is 0 Å². The molecule has 0 unspecified atom stereocenters. The van der Waals surface area contributed by atoms with E-state index in [1.807, 2.05) is 0 Å². The molecule has 0 radical (unpaired) electrons. The van der Waals surface area contributed by atoms with Crippen molar-refractivity contribution < 1.29 is 14.0 Å². The van der Waals surface area contributed by atoms with Crippen molar-refractivity contribution in [2.24, 2.45) is 0 Å². The largest absolute Gasteiger partial charge is 0.331 e. The summed E-state index contributed by atoms with van der Waals surface area (Å²) in [6.07, 6.45) is 0. The molecule has 19 heavy (non-hydrogen) atoms. The number of halogens is 2. The topological polar surface area (TPSA) is 61.4 Å². The van der Waals surface area contributed by atoms with Crippen LogP contribution in [-0.2, 0) is 9.59 Å². The third kappa shape index (κ3) is 3.65. The number of nitrogens with one attached hydrogen (secondary N) is 2. The van der Waals surface area contributed by atoms with Crippen molar-refractivity contribution in [2.45, 2.75) is 0 Å². The predicted octanol–water partition coefficient (Wildman–Crippen LogP) is 0.849. The molecule has 1 aliphatic rings. The Morgan fingerprint density at radius 1 is 1.53 bits per heavy atom. The Balaban J connectivity index is 1.95. The zero-order valence-electron chi connectivity index (χ0n) is 10.1. The Hall–Kier alpha value is -1.66. The maximum atomic E-state index is 12.9. The van der Waals surface area contributed by atoms with Crippen LogP contribution in [0.5, 0.6) is 0 Å². The fourth-order valence-electron chi connectivity index (χ4n) is 1.77. The highest BCUT2D eigenvalue weighted by Crippen LogP contribution is 2.22. The molecule has 0 saturated carbocycles. The molecule has 1 heterocycles. The van der Waals surface area contributed by atoms with Gasteiger partial charge in [-0.1, -0.05) is 11.6 Å². The Kier molecular flexibility index (Phi) is 4.34. The summed E-state index contributed by atoms with van der Waals surface area (Å²) in [5, 5.41) is 5.60. The highest BCUT2D eigenvalue weighted by Gasteiger charge is 2.20. The van der Waals surface area contributed by atoms with Crippen LogP contribution in [0.4, 0.5) is 10.1 Å². The molecule has 102 valence electrons. The number of carbonyl (C=O) groups excluding carboxylic acids is 2. The second-order valence-electron chi connectivity index (χ2n) is 4.16. The van der Waals surface area contributed by atoms with Gasteiger partial charge in [0.15, 0.2) is 0 Å². The molecule has 0 aromatic heterocycles. The number of hydrogen-bond acceptors (Lipinski definition) is 3. The van der Waals surface area contributed by atoms with Crippen LogP contribution in [0.1, 0.15) is 0 Å². The number of hydrogen-bond donors (Lipinski definition) is 2. The van der Waals surface area contributed by atoms with Gasteiger partial charge in [-0.15, -0.1) is 0 Å². The van der Waals surface area contributed by atoms with Crippen LogP contribution in [-0.4, -0.2) is 42.9 Å². The van der Waals surface area contributed by atoms with Crippen molar-refractivity contribution in [3.63, 3.8) is 0 Å². The monoisotopic (exact) mass is 285 g/mol. The summed E-state index contributed by atoms with van der Waals surface area (Å²) < 4.78 is 12.9. The van der Waals surface area contributed by atoms with Crippen molar-refractivity contribution in [1.29, 1.82) is 0 Å². The number of carbonyl (C=O) groups is 2. The number of amides is 2. The van der Waals surface area contributed by atoms with Crippen molar-refractivity contribution in [1.82, 2.24) is 10.2 Å². The molecule has 1 fully saturated rings. The quantitative estimate of drug-likeness (QED) is 0.865. The minimum Gasteiger partial charge on any atom is -0.331 e. The van der Waals surface area contributed by atoms with E-state index < -0.39 is 5.82 Å². The molecule has 7 heteroatoms. The first-order valence-corrected chi connectivity index (χ1v) is 6.17. The van der Waals surface area contributed by atoms with Crippen LogP contribution in [0.25, 0.3) is 0 Å². The van der Waals surface area contributed by atoms with Gasteiger partial charge < -0.3 is 15.5 Å². The number of anilines is 1. The Bertz CT molecular complexity index is 510. The van der Waals surface area contributed by atoms with Crippen LogP contribution in [0.3, 0.4) is 0 Å². The lowest BCUT2D eigenvalue weighted by Crippen LogP contribution is -2.50. The van der Waals surface area contributed by atoms with Gasteiger partial charge in [0.2, 0.25) is 11.8 Å². The van der Waals surface area contributed by atoms with Gasteiger partial charge in [0.05, 0.1) is 23.8 Å². The zero-order chi connectivity index (χ0) is 13.8. The number of rotatable bonds is 3. The summed E-state index contributed by atoms with van der Waals surface area (Å²) in [5.41, 5.74) is 0.329. The number of nitrogens with zero attached hydrogens (tertiary/aromatic N) is 1. The van der Waals surface area contributed by atoms with Crippen LogP contribution in [0.2, 0.25) is 5.02 Å². The summed E-state index contributed by atoms with van der Waals surface area (Å²) in [7, 11) is 0. The molecule has 2 N–H and O–H groups in total. The lowest BCUT2D eigenvalue weighted by molar-refractivity contribution is -0.135. The molecule has 1 aromatic rings. The third-order valence-corrected chi connectivity index (χ3v) is 3.04. The van der Waals surface area contributed by atoms with Gasteiger partial charge in [-0.05, 0) is 18.2 Å². The fourth-order valence-corrected chi connectivity index (χ4v) is 1.98. The zero-order valence-corrected chi connectivity index (χ0v) is 10.8. The lowest BCUT2D eigenvalue weighted by Gasteiger charge is -2.26. The molecule has 5 nitrogen and oxygen atoms in total. The molecule has 0 aliphatic carbocycles. The molecule has 0 atom stereocenters. The first-order chi connectivity index (χ1) is 9.06. The standard InChI is InChI=1S/C12H13ClFN3O2/c13-9-5-8(14)1-2-10(9)16-11(18)7-17-4-3-15-6-12(17)19/h1-2,5,15H,3-4,6-7H2,(H,16,18). The highest BCUT2D eigenvalue weighted by molar-refractivity contribution is 6.33. The first-order valence-electron chi connectivity index (χ1n) is 5.79. The summed E-state index contributed by atoms with van der Waals surface area (Å²) in [5.74, 6) is -0.948. The molecule has 0 spiro atoms. The average Bonchev–Trinajstić information content (AvgIpc) is 2.36. The van der Waals surface area contributed by atoms with E-state index in [0.717, 1.165) is 6.07 Å². The normalized spacial score (nSPS) is 15.5. The van der Waals surface area contributed by atoms with Crippen LogP contribution < -0.4 is 10.6 Å². The van der Waals surface area contributed by atoms with E-state index >= 15 is 0 Å². The number of benzene rings is 1. The second kappa shape index (κ2) is 5.99. The van der Waals surface area contributed by atoms with E-state index in [1.54, 1.807) is 0 Å². The summed E-state index contributed by atoms with van der Waals surface area (Å²) in [6.45, 7) is 1.36. The molecule has 1 saturated heterocycles. The summed E-state index contributed by atoms with van der Waals surface area (Å²) in [4.78, 5) is 24.7. The van der Waals surface area contributed by atoms with Crippen molar-refractivity contribution in [3.8, 4) is 0 Å². The minimum atomic E-state index is -0.472. The van der Waals surface area contributed by atoms with Crippen molar-refractivity contribution >= 4 is 29.1 Å². The van der Waals surface area contributed by atoms with Crippen LogP contribution >= 0.6 is 11.6 Å². The molecular weight excluding hydrogens is 273 g/mol. The second-order valence-corrected chi connectivity index (χ2v) is 4.57. The lowest BCUT2D eigenvalue weighted by atomic mass is 10.3. The molecule has 0 bridgehead atoms. The smallest absolute Gasteiger partial charge is 0.244 e. The highest BCUT2D eigenvalue weighted by atomic mass is 35.5. The minimum absolute atomic E-state index is 0.0335. The van der Waals surface area contributed by atoms with E-state index in [4.69, 9.17) is 11.6 Å². The maximum absolute atomic E-state index is 12.9. The summed E-state index contributed by atoms with van der Waals surface area (Å²) >= 11 is 5.80. The van der Waals surface area contributed by atoms with E-state index in [2.05, 4.69) is 10.6 Å². The fraction of sp³-hybridized carbons (Fsp3) is 0.333. The van der Waals surface area contributed by atoms with Gasteiger partial charge in [-0.25, -0.2) is 4.39 Å². The third-order valence-electron chi connectivity index (χ3n) is 2.73. The Labute approximate surface area is 114 Å². The molecule has 2 amide bonds. The van der Waals surface area contributed by atoms with Gasteiger partial charge >= 0.3 is 0 Å². The van der Waals surface area contributed by atoms with Gasteiger partial charge in [0, 0.05) is 13.1 Å². The van der Waals surface area contributed by atoms with E-state index in [-0.39, 0.29) is 29.9 Å². The Morgan fingerprint density at radius 3 is 3.00 bits per heavy atom. The van der Waals surface area contributed by atoms with E-state index in [1.165, 1.54) is 17.0 Å². The maximum Gasteiger partial charge on any atom is 0.244 e. The molecule has 2 rings (SSSR count).